The SMILES string of the molecule is CCC(C(=O)NC(C)C)N(Cc1ccc(OC)cc1)C(=O)CSc1ccccc1. The fourth-order valence-electron chi connectivity index (χ4n) is 2.97. The summed E-state index contributed by atoms with van der Waals surface area (Å²) in [6.07, 6.45) is 0.552. The van der Waals surface area contributed by atoms with Crippen LogP contribution in [0, 0.1) is 0 Å². The molecule has 0 fully saturated rings. The van der Waals surface area contributed by atoms with Gasteiger partial charge in [0.1, 0.15) is 11.8 Å². The first-order valence-corrected chi connectivity index (χ1v) is 10.8. The van der Waals surface area contributed by atoms with Gasteiger partial charge in [0.15, 0.2) is 0 Å². The maximum atomic E-state index is 13.1. The molecular formula is C23H30N2O3S. The molecule has 1 unspecified atom stereocenters. The number of methoxy groups -OCH3 is 1. The summed E-state index contributed by atoms with van der Waals surface area (Å²) in [6, 6.07) is 16.9. The third kappa shape index (κ3) is 7.13. The lowest BCUT2D eigenvalue weighted by atomic mass is 10.1. The molecular weight excluding hydrogens is 384 g/mol. The monoisotopic (exact) mass is 414 g/mol. The Hall–Kier alpha value is -2.47. The Bertz CT molecular complexity index is 778. The van der Waals surface area contributed by atoms with Crippen LogP contribution < -0.4 is 10.1 Å². The fourth-order valence-corrected chi connectivity index (χ4v) is 3.78. The second-order valence-electron chi connectivity index (χ2n) is 7.06. The topological polar surface area (TPSA) is 58.6 Å². The van der Waals surface area contributed by atoms with Crippen molar-refractivity contribution in [3.8, 4) is 5.75 Å². The maximum Gasteiger partial charge on any atom is 0.243 e. The Morgan fingerprint density at radius 2 is 1.72 bits per heavy atom. The van der Waals surface area contributed by atoms with E-state index in [0.717, 1.165) is 16.2 Å². The second-order valence-corrected chi connectivity index (χ2v) is 8.11. The molecule has 2 aromatic carbocycles. The lowest BCUT2D eigenvalue weighted by molar-refractivity contribution is -0.139. The number of thioether (sulfide) groups is 1. The van der Waals surface area contributed by atoms with Crippen molar-refractivity contribution < 1.29 is 14.3 Å². The average Bonchev–Trinajstić information content (AvgIpc) is 2.72. The summed E-state index contributed by atoms with van der Waals surface area (Å²) in [5.74, 6) is 0.872. The van der Waals surface area contributed by atoms with Gasteiger partial charge in [0, 0.05) is 17.5 Å². The number of hydrogen-bond acceptors (Lipinski definition) is 4. The molecule has 0 aliphatic rings. The highest BCUT2D eigenvalue weighted by molar-refractivity contribution is 8.00. The summed E-state index contributed by atoms with van der Waals surface area (Å²) in [5, 5.41) is 2.95. The van der Waals surface area contributed by atoms with Crippen molar-refractivity contribution in [3.05, 3.63) is 60.2 Å². The van der Waals surface area contributed by atoms with Gasteiger partial charge in [0.05, 0.1) is 12.9 Å². The number of nitrogens with zero attached hydrogens (tertiary/aromatic N) is 1. The Morgan fingerprint density at radius 3 is 2.28 bits per heavy atom. The minimum atomic E-state index is -0.511. The average molecular weight is 415 g/mol. The number of carbonyl (C=O) groups excluding carboxylic acids is 2. The summed E-state index contributed by atoms with van der Waals surface area (Å²) in [7, 11) is 1.62. The zero-order valence-corrected chi connectivity index (χ0v) is 18.4. The quantitative estimate of drug-likeness (QED) is 0.594. The van der Waals surface area contributed by atoms with Crippen molar-refractivity contribution >= 4 is 23.6 Å². The fraction of sp³-hybridized carbons (Fsp3) is 0.391. The molecule has 0 saturated carbocycles. The van der Waals surface area contributed by atoms with Crippen LogP contribution in [0.5, 0.6) is 5.75 Å². The zero-order chi connectivity index (χ0) is 21.2. The van der Waals surface area contributed by atoms with Crippen molar-refractivity contribution in [2.24, 2.45) is 0 Å². The summed E-state index contributed by atoms with van der Waals surface area (Å²) in [4.78, 5) is 28.6. The van der Waals surface area contributed by atoms with E-state index in [0.29, 0.717) is 13.0 Å². The summed E-state index contributed by atoms with van der Waals surface area (Å²) < 4.78 is 5.21. The molecule has 0 aliphatic heterocycles. The van der Waals surface area contributed by atoms with Crippen LogP contribution in [-0.4, -0.2) is 41.7 Å². The molecule has 2 rings (SSSR count). The van der Waals surface area contributed by atoms with E-state index in [1.807, 2.05) is 75.4 Å². The van der Waals surface area contributed by atoms with E-state index in [2.05, 4.69) is 5.32 Å². The molecule has 1 N–H and O–H groups in total. The molecule has 0 bridgehead atoms. The van der Waals surface area contributed by atoms with Crippen LogP contribution in [0.25, 0.3) is 0 Å². The molecule has 5 nitrogen and oxygen atoms in total. The van der Waals surface area contributed by atoms with Gasteiger partial charge in [-0.2, -0.15) is 0 Å². The van der Waals surface area contributed by atoms with E-state index in [-0.39, 0.29) is 23.6 Å². The maximum absolute atomic E-state index is 13.1. The highest BCUT2D eigenvalue weighted by atomic mass is 32.2. The minimum absolute atomic E-state index is 0.0215. The molecule has 0 aliphatic carbocycles. The molecule has 0 saturated heterocycles. The number of ether oxygens (including phenoxy) is 1. The Morgan fingerprint density at radius 1 is 1.07 bits per heavy atom. The van der Waals surface area contributed by atoms with Gasteiger partial charge < -0.3 is 15.0 Å². The zero-order valence-electron chi connectivity index (χ0n) is 17.6. The van der Waals surface area contributed by atoms with Gasteiger partial charge in [0.2, 0.25) is 11.8 Å². The lowest BCUT2D eigenvalue weighted by Crippen LogP contribution is -2.50. The van der Waals surface area contributed by atoms with Gasteiger partial charge in [0.25, 0.3) is 0 Å². The number of rotatable bonds is 10. The van der Waals surface area contributed by atoms with Gasteiger partial charge in [-0.15, -0.1) is 11.8 Å². The van der Waals surface area contributed by atoms with Crippen LogP contribution in [0.15, 0.2) is 59.5 Å². The molecule has 2 amide bonds. The van der Waals surface area contributed by atoms with E-state index < -0.39 is 6.04 Å². The molecule has 2 aromatic rings. The van der Waals surface area contributed by atoms with Crippen LogP contribution >= 0.6 is 11.8 Å². The van der Waals surface area contributed by atoms with Gasteiger partial charge in [-0.25, -0.2) is 0 Å². The summed E-state index contributed by atoms with van der Waals surface area (Å²) in [6.45, 7) is 6.16. The van der Waals surface area contributed by atoms with Crippen molar-refractivity contribution in [3.63, 3.8) is 0 Å². The molecule has 0 heterocycles. The Kier molecular flexibility index (Phi) is 9.06. The smallest absolute Gasteiger partial charge is 0.243 e. The van der Waals surface area contributed by atoms with Crippen LogP contribution in [0.1, 0.15) is 32.8 Å². The summed E-state index contributed by atoms with van der Waals surface area (Å²) in [5.41, 5.74) is 0.958. The Balaban J connectivity index is 2.19. The first kappa shape index (κ1) is 22.8. The minimum Gasteiger partial charge on any atom is -0.497 e. The van der Waals surface area contributed by atoms with Crippen molar-refractivity contribution in [1.29, 1.82) is 0 Å². The third-order valence-corrected chi connectivity index (χ3v) is 5.43. The number of nitrogens with one attached hydrogen (secondary N) is 1. The molecule has 6 heteroatoms. The number of carbonyl (C=O) groups is 2. The molecule has 0 spiro atoms. The van der Waals surface area contributed by atoms with Crippen LogP contribution in [0.4, 0.5) is 0 Å². The third-order valence-electron chi connectivity index (χ3n) is 4.43. The highest BCUT2D eigenvalue weighted by Gasteiger charge is 2.28. The van der Waals surface area contributed by atoms with Crippen LogP contribution in [0.3, 0.4) is 0 Å². The molecule has 0 aromatic heterocycles. The molecule has 156 valence electrons. The van der Waals surface area contributed by atoms with Crippen LogP contribution in [-0.2, 0) is 16.1 Å². The van der Waals surface area contributed by atoms with Crippen molar-refractivity contribution in [2.45, 2.75) is 50.7 Å². The van der Waals surface area contributed by atoms with E-state index in [1.165, 1.54) is 11.8 Å². The standard InChI is InChI=1S/C23H30N2O3S/c1-5-21(23(27)24-17(2)3)25(15-18-11-13-19(28-4)14-12-18)22(26)16-29-20-9-7-6-8-10-20/h6-14,17,21H,5,15-16H2,1-4H3,(H,24,27). The molecule has 1 atom stereocenters. The van der Waals surface area contributed by atoms with E-state index >= 15 is 0 Å². The largest absolute Gasteiger partial charge is 0.497 e. The summed E-state index contributed by atoms with van der Waals surface area (Å²) >= 11 is 1.48. The van der Waals surface area contributed by atoms with E-state index in [9.17, 15) is 9.59 Å². The van der Waals surface area contributed by atoms with E-state index in [1.54, 1.807) is 12.0 Å². The first-order valence-electron chi connectivity index (χ1n) is 9.85. The van der Waals surface area contributed by atoms with Gasteiger partial charge in [-0.1, -0.05) is 37.3 Å². The number of amides is 2. The van der Waals surface area contributed by atoms with Gasteiger partial charge in [-0.3, -0.25) is 9.59 Å². The molecule has 29 heavy (non-hydrogen) atoms. The van der Waals surface area contributed by atoms with Crippen molar-refractivity contribution in [2.75, 3.05) is 12.9 Å². The Labute approximate surface area is 177 Å². The van der Waals surface area contributed by atoms with E-state index in [4.69, 9.17) is 4.74 Å². The normalized spacial score (nSPS) is 11.8. The molecule has 0 radical (unpaired) electrons. The van der Waals surface area contributed by atoms with Crippen molar-refractivity contribution in [1.82, 2.24) is 10.2 Å². The second kappa shape index (κ2) is 11.5. The predicted octanol–water partition coefficient (Wildman–Crippen LogP) is 4.12. The predicted molar refractivity (Wildman–Crippen MR) is 118 cm³/mol. The van der Waals surface area contributed by atoms with Gasteiger partial charge in [-0.05, 0) is 50.1 Å². The number of benzene rings is 2. The van der Waals surface area contributed by atoms with Crippen LogP contribution in [0.2, 0.25) is 0 Å². The lowest BCUT2D eigenvalue weighted by Gasteiger charge is -2.31. The highest BCUT2D eigenvalue weighted by Crippen LogP contribution is 2.21. The first-order chi connectivity index (χ1) is 13.9. The number of hydrogen-bond donors (Lipinski definition) is 1. The van der Waals surface area contributed by atoms with Gasteiger partial charge >= 0.3 is 0 Å².